The first-order chi connectivity index (χ1) is 5.66. The number of hydrogen-bond acceptors (Lipinski definition) is 3. The molecule has 0 aliphatic rings. The average molecular weight is 165 g/mol. The number of nitrogens with zero attached hydrogens (tertiary/aromatic N) is 1. The van der Waals surface area contributed by atoms with Crippen LogP contribution in [0.25, 0.3) is 0 Å². The van der Waals surface area contributed by atoms with Gasteiger partial charge < -0.3 is 9.52 Å². The molecule has 0 fully saturated rings. The molecule has 12 heavy (non-hydrogen) atoms. The maximum atomic E-state index is 9.58. The van der Waals surface area contributed by atoms with Crippen molar-refractivity contribution >= 4 is 0 Å². The summed E-state index contributed by atoms with van der Waals surface area (Å²) in [5.74, 6) is 0.269. The molecule has 0 spiro atoms. The van der Waals surface area contributed by atoms with Gasteiger partial charge in [-0.2, -0.15) is 5.26 Å². The molecule has 1 aromatic heterocycles. The highest BCUT2D eigenvalue weighted by Crippen LogP contribution is 2.24. The quantitative estimate of drug-likeness (QED) is 0.726. The third-order valence-corrected chi connectivity index (χ3v) is 1.89. The normalized spacial score (nSPS) is 15.2. The third kappa shape index (κ3) is 1.49. The highest BCUT2D eigenvalue weighted by atomic mass is 16.3. The van der Waals surface area contributed by atoms with Crippen LogP contribution in [-0.2, 0) is 0 Å². The van der Waals surface area contributed by atoms with Gasteiger partial charge in [-0.05, 0) is 19.9 Å². The van der Waals surface area contributed by atoms with Gasteiger partial charge in [-0.1, -0.05) is 0 Å². The Morgan fingerprint density at radius 2 is 2.33 bits per heavy atom. The van der Waals surface area contributed by atoms with Crippen LogP contribution in [0.3, 0.4) is 0 Å². The van der Waals surface area contributed by atoms with Gasteiger partial charge in [-0.3, -0.25) is 0 Å². The van der Waals surface area contributed by atoms with Gasteiger partial charge in [0, 0.05) is 5.56 Å². The fraction of sp³-hybridized carbons (Fsp3) is 0.444. The van der Waals surface area contributed by atoms with Gasteiger partial charge in [-0.15, -0.1) is 0 Å². The van der Waals surface area contributed by atoms with E-state index in [2.05, 4.69) is 0 Å². The van der Waals surface area contributed by atoms with E-state index in [1.54, 1.807) is 19.9 Å². The maximum Gasteiger partial charge on any atom is 0.106 e. The van der Waals surface area contributed by atoms with E-state index in [0.29, 0.717) is 11.3 Å². The minimum atomic E-state index is -0.742. The molecule has 3 heteroatoms. The predicted molar refractivity (Wildman–Crippen MR) is 43.2 cm³/mol. The van der Waals surface area contributed by atoms with Crippen LogP contribution < -0.4 is 0 Å². The molecule has 2 atom stereocenters. The highest BCUT2D eigenvalue weighted by molar-refractivity contribution is 5.20. The van der Waals surface area contributed by atoms with E-state index < -0.39 is 12.0 Å². The second kappa shape index (κ2) is 3.42. The van der Waals surface area contributed by atoms with Crippen LogP contribution in [0.2, 0.25) is 0 Å². The van der Waals surface area contributed by atoms with Crippen LogP contribution >= 0.6 is 0 Å². The van der Waals surface area contributed by atoms with E-state index in [0.717, 1.165) is 0 Å². The van der Waals surface area contributed by atoms with Crippen molar-refractivity contribution in [3.8, 4) is 6.07 Å². The van der Waals surface area contributed by atoms with Gasteiger partial charge in [0.25, 0.3) is 0 Å². The van der Waals surface area contributed by atoms with Crippen LogP contribution in [0, 0.1) is 24.2 Å². The molecule has 0 saturated heterocycles. The first-order valence-corrected chi connectivity index (χ1v) is 3.78. The van der Waals surface area contributed by atoms with Crippen LogP contribution in [0.5, 0.6) is 0 Å². The Labute approximate surface area is 71.2 Å². The summed E-state index contributed by atoms with van der Waals surface area (Å²) in [5, 5.41) is 18.1. The molecule has 2 unspecified atom stereocenters. The Bertz CT molecular complexity index is 298. The molecule has 0 amide bonds. The molecular formula is C9H11NO2. The van der Waals surface area contributed by atoms with Crippen LogP contribution in [0.1, 0.15) is 24.4 Å². The fourth-order valence-electron chi connectivity index (χ4n) is 1.04. The van der Waals surface area contributed by atoms with Crippen molar-refractivity contribution in [3.05, 3.63) is 23.7 Å². The number of nitriles is 1. The van der Waals surface area contributed by atoms with E-state index in [-0.39, 0.29) is 0 Å². The number of hydrogen-bond donors (Lipinski definition) is 1. The van der Waals surface area contributed by atoms with E-state index in [1.807, 2.05) is 6.07 Å². The van der Waals surface area contributed by atoms with Crippen molar-refractivity contribution in [1.29, 1.82) is 5.26 Å². The van der Waals surface area contributed by atoms with Gasteiger partial charge in [0.05, 0.1) is 24.4 Å². The number of aliphatic hydroxyl groups excluding tert-OH is 1. The standard InChI is InChI=1S/C9H11NO2/c1-6(5-10)9(11)8-3-4-12-7(8)2/h3-4,6,9,11H,1-2H3. The van der Waals surface area contributed by atoms with Crippen molar-refractivity contribution in [2.24, 2.45) is 5.92 Å². The first kappa shape index (κ1) is 8.82. The number of rotatable bonds is 2. The largest absolute Gasteiger partial charge is 0.469 e. The molecule has 1 N–H and O–H groups in total. The Hall–Kier alpha value is -1.27. The summed E-state index contributed by atoms with van der Waals surface area (Å²) in [4.78, 5) is 0. The van der Waals surface area contributed by atoms with Crippen molar-refractivity contribution in [2.75, 3.05) is 0 Å². The Morgan fingerprint density at radius 3 is 2.75 bits per heavy atom. The minimum Gasteiger partial charge on any atom is -0.469 e. The summed E-state index contributed by atoms with van der Waals surface area (Å²) in [6.45, 7) is 3.44. The lowest BCUT2D eigenvalue weighted by Gasteiger charge is -2.10. The number of aryl methyl sites for hydroxylation is 1. The summed E-state index contributed by atoms with van der Waals surface area (Å²) in [5.41, 5.74) is 0.698. The molecule has 1 heterocycles. The first-order valence-electron chi connectivity index (χ1n) is 3.78. The molecule has 0 aromatic carbocycles. The average Bonchev–Trinajstić information content (AvgIpc) is 2.48. The Morgan fingerprint density at radius 1 is 1.67 bits per heavy atom. The molecule has 1 rings (SSSR count). The second-order valence-electron chi connectivity index (χ2n) is 2.79. The van der Waals surface area contributed by atoms with Crippen molar-refractivity contribution < 1.29 is 9.52 Å². The second-order valence-corrected chi connectivity index (χ2v) is 2.79. The van der Waals surface area contributed by atoms with Gasteiger partial charge in [0.15, 0.2) is 0 Å². The molecule has 3 nitrogen and oxygen atoms in total. The SMILES string of the molecule is Cc1occc1C(O)C(C)C#N. The monoisotopic (exact) mass is 165 g/mol. The van der Waals surface area contributed by atoms with Gasteiger partial charge in [0.1, 0.15) is 5.76 Å². The number of furan rings is 1. The van der Waals surface area contributed by atoms with Crippen molar-refractivity contribution in [1.82, 2.24) is 0 Å². The zero-order valence-corrected chi connectivity index (χ0v) is 7.11. The predicted octanol–water partition coefficient (Wildman–Crippen LogP) is 1.78. The fourth-order valence-corrected chi connectivity index (χ4v) is 1.04. The molecule has 0 bridgehead atoms. The van der Waals surface area contributed by atoms with Crippen LogP contribution in [0.4, 0.5) is 0 Å². The van der Waals surface area contributed by atoms with Crippen LogP contribution in [-0.4, -0.2) is 5.11 Å². The van der Waals surface area contributed by atoms with E-state index in [4.69, 9.17) is 9.68 Å². The summed E-state index contributed by atoms with van der Waals surface area (Å²) >= 11 is 0. The number of aliphatic hydroxyl groups is 1. The highest BCUT2D eigenvalue weighted by Gasteiger charge is 2.18. The summed E-state index contributed by atoms with van der Waals surface area (Å²) in [7, 11) is 0. The maximum absolute atomic E-state index is 9.58. The topological polar surface area (TPSA) is 57.2 Å². The van der Waals surface area contributed by atoms with E-state index in [1.165, 1.54) is 6.26 Å². The lowest BCUT2D eigenvalue weighted by molar-refractivity contribution is 0.141. The summed E-state index contributed by atoms with van der Waals surface area (Å²) < 4.78 is 5.01. The molecular weight excluding hydrogens is 154 g/mol. The van der Waals surface area contributed by atoms with Crippen molar-refractivity contribution in [2.45, 2.75) is 20.0 Å². The van der Waals surface area contributed by atoms with E-state index in [9.17, 15) is 5.11 Å². The smallest absolute Gasteiger partial charge is 0.106 e. The third-order valence-electron chi connectivity index (χ3n) is 1.89. The Kier molecular flexibility index (Phi) is 2.51. The van der Waals surface area contributed by atoms with E-state index >= 15 is 0 Å². The molecule has 0 saturated carbocycles. The summed E-state index contributed by atoms with van der Waals surface area (Å²) in [6.07, 6.45) is 0.770. The molecule has 0 aliphatic carbocycles. The molecule has 64 valence electrons. The van der Waals surface area contributed by atoms with Crippen LogP contribution in [0.15, 0.2) is 16.7 Å². The van der Waals surface area contributed by atoms with Gasteiger partial charge in [-0.25, -0.2) is 0 Å². The zero-order chi connectivity index (χ0) is 9.14. The van der Waals surface area contributed by atoms with Crippen molar-refractivity contribution in [3.63, 3.8) is 0 Å². The molecule has 0 aliphatic heterocycles. The lowest BCUT2D eigenvalue weighted by atomic mass is 9.99. The Balaban J connectivity index is 2.86. The molecule has 0 radical (unpaired) electrons. The van der Waals surface area contributed by atoms with Gasteiger partial charge >= 0.3 is 0 Å². The zero-order valence-electron chi connectivity index (χ0n) is 7.11. The lowest BCUT2D eigenvalue weighted by Crippen LogP contribution is -2.06. The summed E-state index contributed by atoms with van der Waals surface area (Å²) in [6, 6.07) is 3.68. The van der Waals surface area contributed by atoms with Gasteiger partial charge in [0.2, 0.25) is 0 Å². The minimum absolute atomic E-state index is 0.402. The molecule has 1 aromatic rings.